The van der Waals surface area contributed by atoms with E-state index < -0.39 is 5.97 Å². The van der Waals surface area contributed by atoms with Gasteiger partial charge in [0.05, 0.1) is 11.6 Å². The number of hydrogen-bond acceptors (Lipinski definition) is 2. The van der Waals surface area contributed by atoms with Gasteiger partial charge in [-0.3, -0.25) is 0 Å². The van der Waals surface area contributed by atoms with Gasteiger partial charge in [0, 0.05) is 17.0 Å². The van der Waals surface area contributed by atoms with E-state index in [-0.39, 0.29) is 5.92 Å². The molecule has 0 saturated carbocycles. The first-order valence-electron chi connectivity index (χ1n) is 5.08. The second-order valence-corrected chi connectivity index (χ2v) is 4.69. The molecule has 1 aromatic rings. The van der Waals surface area contributed by atoms with Crippen molar-refractivity contribution < 1.29 is 14.6 Å². The summed E-state index contributed by atoms with van der Waals surface area (Å²) in [7, 11) is 0. The minimum Gasteiger partial charge on any atom is -0.491 e. The number of hydrogen-bond donors (Lipinski definition) is 1. The summed E-state index contributed by atoms with van der Waals surface area (Å²) in [5, 5.41) is 9.61. The van der Waals surface area contributed by atoms with Gasteiger partial charge in [0.25, 0.3) is 0 Å². The standard InChI is InChI=1S/C12H10Cl2O3/c13-9-4-8-3-7(1-2-11(15)16)6-17-12(8)10(14)5-9/h1-2,4-5,7H,3,6H2,(H,15,16)/b2-1+/t7-/m0/s1. The number of fused-ring (bicyclic) bond motifs is 1. The molecular formula is C12H10Cl2O3. The number of carboxylic acids is 1. The van der Waals surface area contributed by atoms with E-state index in [1.807, 2.05) is 0 Å². The maximum Gasteiger partial charge on any atom is 0.327 e. The number of halogens is 2. The van der Waals surface area contributed by atoms with Crippen molar-refractivity contribution in [2.45, 2.75) is 6.42 Å². The van der Waals surface area contributed by atoms with Crippen molar-refractivity contribution in [3.8, 4) is 5.75 Å². The van der Waals surface area contributed by atoms with Crippen LogP contribution in [0.4, 0.5) is 0 Å². The summed E-state index contributed by atoms with van der Waals surface area (Å²) in [6.07, 6.45) is 3.44. The maximum absolute atomic E-state index is 10.4. The van der Waals surface area contributed by atoms with Crippen LogP contribution in [0.15, 0.2) is 24.3 Å². The monoisotopic (exact) mass is 272 g/mol. The van der Waals surface area contributed by atoms with Crippen molar-refractivity contribution in [3.05, 3.63) is 39.9 Å². The third-order valence-electron chi connectivity index (χ3n) is 2.52. The van der Waals surface area contributed by atoms with Gasteiger partial charge in [-0.1, -0.05) is 29.3 Å². The Morgan fingerprint density at radius 2 is 2.24 bits per heavy atom. The summed E-state index contributed by atoms with van der Waals surface area (Å²) < 4.78 is 5.52. The molecule has 0 amide bonds. The molecule has 1 heterocycles. The summed E-state index contributed by atoms with van der Waals surface area (Å²) in [6, 6.07) is 3.43. The molecule has 0 unspecified atom stereocenters. The first kappa shape index (κ1) is 12.3. The summed E-state index contributed by atoms with van der Waals surface area (Å²) >= 11 is 11.9. The normalized spacial score (nSPS) is 18.8. The Morgan fingerprint density at radius 3 is 2.94 bits per heavy atom. The van der Waals surface area contributed by atoms with Crippen LogP contribution in [0.2, 0.25) is 10.0 Å². The Balaban J connectivity index is 2.21. The van der Waals surface area contributed by atoms with E-state index in [1.54, 1.807) is 18.2 Å². The molecule has 3 nitrogen and oxygen atoms in total. The van der Waals surface area contributed by atoms with E-state index in [1.165, 1.54) is 0 Å². The van der Waals surface area contributed by atoms with Crippen LogP contribution >= 0.6 is 23.2 Å². The zero-order valence-corrected chi connectivity index (χ0v) is 10.3. The zero-order chi connectivity index (χ0) is 12.4. The van der Waals surface area contributed by atoms with Crippen LogP contribution in [0.3, 0.4) is 0 Å². The van der Waals surface area contributed by atoms with Gasteiger partial charge < -0.3 is 9.84 Å². The lowest BCUT2D eigenvalue weighted by Crippen LogP contribution is -2.19. The molecule has 90 valence electrons. The van der Waals surface area contributed by atoms with Gasteiger partial charge in [-0.2, -0.15) is 0 Å². The van der Waals surface area contributed by atoms with Gasteiger partial charge in [0.15, 0.2) is 0 Å². The van der Waals surface area contributed by atoms with Gasteiger partial charge in [0.2, 0.25) is 0 Å². The van der Waals surface area contributed by atoms with E-state index >= 15 is 0 Å². The second kappa shape index (κ2) is 4.98. The van der Waals surface area contributed by atoms with E-state index in [9.17, 15) is 4.79 Å². The van der Waals surface area contributed by atoms with Crippen molar-refractivity contribution in [2.24, 2.45) is 5.92 Å². The van der Waals surface area contributed by atoms with Crippen LogP contribution in [-0.4, -0.2) is 17.7 Å². The van der Waals surface area contributed by atoms with Crippen LogP contribution in [0, 0.1) is 5.92 Å². The molecule has 0 fully saturated rings. The summed E-state index contributed by atoms with van der Waals surface area (Å²) in [6.45, 7) is 0.429. The molecule has 1 aromatic carbocycles. The topological polar surface area (TPSA) is 46.5 Å². The number of carboxylic acid groups (broad SMARTS) is 1. The quantitative estimate of drug-likeness (QED) is 0.842. The largest absolute Gasteiger partial charge is 0.491 e. The molecule has 0 aliphatic carbocycles. The molecule has 1 aliphatic rings. The average molecular weight is 273 g/mol. The van der Waals surface area contributed by atoms with Gasteiger partial charge in [-0.05, 0) is 24.1 Å². The predicted octanol–water partition coefficient (Wildman–Crippen LogP) is 3.19. The van der Waals surface area contributed by atoms with Gasteiger partial charge in [-0.15, -0.1) is 0 Å². The molecule has 1 atom stereocenters. The van der Waals surface area contributed by atoms with E-state index in [0.29, 0.717) is 28.8 Å². The molecule has 0 aromatic heterocycles. The third kappa shape index (κ3) is 2.93. The molecular weight excluding hydrogens is 263 g/mol. The zero-order valence-electron chi connectivity index (χ0n) is 8.82. The first-order chi connectivity index (χ1) is 8.06. The molecule has 0 saturated heterocycles. The van der Waals surface area contributed by atoms with E-state index in [4.69, 9.17) is 33.0 Å². The Bertz CT molecular complexity index is 483. The highest BCUT2D eigenvalue weighted by Crippen LogP contribution is 2.37. The number of aliphatic carboxylic acids is 1. The minimum absolute atomic E-state index is 0.0353. The van der Waals surface area contributed by atoms with Gasteiger partial charge >= 0.3 is 5.97 Å². The van der Waals surface area contributed by atoms with Crippen LogP contribution in [0.25, 0.3) is 0 Å². The Labute approximate surface area is 109 Å². The summed E-state index contributed by atoms with van der Waals surface area (Å²) in [5.74, 6) is -0.274. The Hall–Kier alpha value is -1.19. The van der Waals surface area contributed by atoms with Crippen molar-refractivity contribution in [3.63, 3.8) is 0 Å². The maximum atomic E-state index is 10.4. The highest BCUT2D eigenvalue weighted by atomic mass is 35.5. The number of ether oxygens (including phenoxy) is 1. The number of carbonyl (C=O) groups is 1. The lowest BCUT2D eigenvalue weighted by Gasteiger charge is -2.24. The van der Waals surface area contributed by atoms with Gasteiger partial charge in [-0.25, -0.2) is 4.79 Å². The molecule has 0 radical (unpaired) electrons. The van der Waals surface area contributed by atoms with Crippen LogP contribution in [0.5, 0.6) is 5.75 Å². The lowest BCUT2D eigenvalue weighted by atomic mass is 9.96. The lowest BCUT2D eigenvalue weighted by molar-refractivity contribution is -0.131. The highest BCUT2D eigenvalue weighted by Gasteiger charge is 2.21. The predicted molar refractivity (Wildman–Crippen MR) is 65.9 cm³/mol. The molecule has 5 heteroatoms. The van der Waals surface area contributed by atoms with Crippen molar-refractivity contribution >= 4 is 29.2 Å². The average Bonchev–Trinajstić information content (AvgIpc) is 2.25. The smallest absolute Gasteiger partial charge is 0.327 e. The molecule has 0 spiro atoms. The number of benzene rings is 1. The summed E-state index contributed by atoms with van der Waals surface area (Å²) in [5.41, 5.74) is 0.911. The molecule has 17 heavy (non-hydrogen) atoms. The van der Waals surface area contributed by atoms with Gasteiger partial charge in [0.1, 0.15) is 5.75 Å². The minimum atomic E-state index is -0.958. The highest BCUT2D eigenvalue weighted by molar-refractivity contribution is 6.35. The van der Waals surface area contributed by atoms with Crippen LogP contribution in [0.1, 0.15) is 5.56 Å². The van der Waals surface area contributed by atoms with E-state index in [2.05, 4.69) is 0 Å². The molecule has 0 bridgehead atoms. The van der Waals surface area contributed by atoms with Crippen LogP contribution in [-0.2, 0) is 11.2 Å². The Kier molecular flexibility index (Phi) is 3.60. The van der Waals surface area contributed by atoms with Crippen molar-refractivity contribution in [2.75, 3.05) is 6.61 Å². The molecule has 1 N–H and O–H groups in total. The third-order valence-corrected chi connectivity index (χ3v) is 3.02. The Morgan fingerprint density at radius 1 is 1.47 bits per heavy atom. The molecule has 1 aliphatic heterocycles. The fraction of sp³-hybridized carbons (Fsp3) is 0.250. The SMILES string of the molecule is O=C(O)/C=C/[C@@H]1COc2c(Cl)cc(Cl)cc2C1. The first-order valence-corrected chi connectivity index (χ1v) is 5.83. The van der Waals surface area contributed by atoms with E-state index in [0.717, 1.165) is 11.6 Å². The molecule has 2 rings (SSSR count). The van der Waals surface area contributed by atoms with Crippen molar-refractivity contribution in [1.29, 1.82) is 0 Å². The van der Waals surface area contributed by atoms with Crippen LogP contribution < -0.4 is 4.74 Å². The fourth-order valence-electron chi connectivity index (χ4n) is 1.80. The summed E-state index contributed by atoms with van der Waals surface area (Å²) in [4.78, 5) is 10.4. The van der Waals surface area contributed by atoms with Crippen molar-refractivity contribution in [1.82, 2.24) is 0 Å². The number of rotatable bonds is 2. The fourth-order valence-corrected chi connectivity index (χ4v) is 2.39. The second-order valence-electron chi connectivity index (χ2n) is 3.85.